The molecule has 0 spiro atoms. The average molecular weight is 298 g/mol. The fourth-order valence-electron chi connectivity index (χ4n) is 2.53. The summed E-state index contributed by atoms with van der Waals surface area (Å²) >= 11 is 0. The summed E-state index contributed by atoms with van der Waals surface area (Å²) in [6.07, 6.45) is 1.67. The lowest BCUT2D eigenvalue weighted by Gasteiger charge is -2.33. The average Bonchev–Trinajstić information content (AvgIpc) is 2.38. The van der Waals surface area contributed by atoms with Gasteiger partial charge in [0.1, 0.15) is 0 Å². The monoisotopic (exact) mass is 298 g/mol. The van der Waals surface area contributed by atoms with Crippen molar-refractivity contribution in [2.45, 2.75) is 37.6 Å². The highest BCUT2D eigenvalue weighted by molar-refractivity contribution is 7.88. The lowest BCUT2D eigenvalue weighted by atomic mass is 9.97. The Morgan fingerprint density at radius 1 is 1.35 bits per heavy atom. The molecular formula is C14H22N2O3S. The zero-order valence-electron chi connectivity index (χ0n) is 11.8. The fraction of sp³-hybridized carbons (Fsp3) is 0.571. The summed E-state index contributed by atoms with van der Waals surface area (Å²) in [5.74, 6) is -0.0457. The van der Waals surface area contributed by atoms with Gasteiger partial charge in [0.15, 0.2) is 0 Å². The normalized spacial score (nSPS) is 23.7. The molecule has 0 radical (unpaired) electrons. The van der Waals surface area contributed by atoms with Crippen molar-refractivity contribution in [1.29, 1.82) is 0 Å². The largest absolute Gasteiger partial charge is 0.380 e. The highest BCUT2D eigenvalue weighted by atomic mass is 32.2. The first-order valence-electron chi connectivity index (χ1n) is 6.80. The van der Waals surface area contributed by atoms with E-state index in [1.807, 2.05) is 25.1 Å². The Kier molecular flexibility index (Phi) is 4.80. The molecule has 0 amide bonds. The maximum Gasteiger partial charge on any atom is 0.216 e. The highest BCUT2D eigenvalue weighted by Crippen LogP contribution is 2.21. The molecule has 5 nitrogen and oxygen atoms in total. The van der Waals surface area contributed by atoms with Crippen molar-refractivity contribution in [1.82, 2.24) is 4.72 Å². The molecule has 1 heterocycles. The smallest absolute Gasteiger partial charge is 0.216 e. The molecule has 1 aromatic carbocycles. The SMILES string of the molecule is CC1(NS(=O)(=O)Cc2ccccc2CN)CCCOC1. The van der Waals surface area contributed by atoms with Gasteiger partial charge in [-0.15, -0.1) is 0 Å². The number of sulfonamides is 1. The molecule has 1 aliphatic heterocycles. The lowest BCUT2D eigenvalue weighted by Crippen LogP contribution is -2.51. The van der Waals surface area contributed by atoms with Gasteiger partial charge in [0, 0.05) is 13.2 Å². The summed E-state index contributed by atoms with van der Waals surface area (Å²) in [7, 11) is -3.41. The number of hydrogen-bond acceptors (Lipinski definition) is 4. The van der Waals surface area contributed by atoms with E-state index >= 15 is 0 Å². The van der Waals surface area contributed by atoms with E-state index in [1.54, 1.807) is 6.07 Å². The van der Waals surface area contributed by atoms with Crippen molar-refractivity contribution in [2.75, 3.05) is 13.2 Å². The molecule has 2 rings (SSSR count). The predicted octanol–water partition coefficient (Wildman–Crippen LogP) is 1.13. The number of benzene rings is 1. The van der Waals surface area contributed by atoms with Crippen LogP contribution in [-0.4, -0.2) is 27.2 Å². The Morgan fingerprint density at radius 2 is 2.05 bits per heavy atom. The van der Waals surface area contributed by atoms with E-state index in [0.29, 0.717) is 19.8 Å². The van der Waals surface area contributed by atoms with Crippen LogP contribution in [0.2, 0.25) is 0 Å². The van der Waals surface area contributed by atoms with Gasteiger partial charge in [-0.1, -0.05) is 24.3 Å². The zero-order chi connectivity index (χ0) is 14.6. The molecule has 1 fully saturated rings. The van der Waals surface area contributed by atoms with Crippen LogP contribution in [0.25, 0.3) is 0 Å². The third-order valence-corrected chi connectivity index (χ3v) is 5.02. The van der Waals surface area contributed by atoms with Gasteiger partial charge in [-0.05, 0) is 30.9 Å². The van der Waals surface area contributed by atoms with Gasteiger partial charge >= 0.3 is 0 Å². The Bertz CT molecular complexity index is 551. The molecule has 3 N–H and O–H groups in total. The van der Waals surface area contributed by atoms with E-state index in [9.17, 15) is 8.42 Å². The van der Waals surface area contributed by atoms with Gasteiger partial charge in [0.2, 0.25) is 10.0 Å². The predicted molar refractivity (Wildman–Crippen MR) is 78.6 cm³/mol. The van der Waals surface area contributed by atoms with Crippen molar-refractivity contribution in [3.05, 3.63) is 35.4 Å². The van der Waals surface area contributed by atoms with Crippen LogP contribution >= 0.6 is 0 Å². The van der Waals surface area contributed by atoms with Crippen LogP contribution in [0.1, 0.15) is 30.9 Å². The minimum absolute atomic E-state index is 0.0457. The third kappa shape index (κ3) is 4.02. The van der Waals surface area contributed by atoms with Gasteiger partial charge in [0.05, 0.1) is 17.9 Å². The van der Waals surface area contributed by atoms with Crippen molar-refractivity contribution in [3.63, 3.8) is 0 Å². The van der Waals surface area contributed by atoms with E-state index < -0.39 is 15.6 Å². The summed E-state index contributed by atoms with van der Waals surface area (Å²) in [6, 6.07) is 7.36. The molecule has 112 valence electrons. The maximum absolute atomic E-state index is 12.3. The first-order valence-corrected chi connectivity index (χ1v) is 8.46. The second-order valence-corrected chi connectivity index (χ2v) is 7.27. The third-order valence-electron chi connectivity index (χ3n) is 3.52. The van der Waals surface area contributed by atoms with E-state index in [0.717, 1.165) is 24.0 Å². The molecule has 20 heavy (non-hydrogen) atoms. The van der Waals surface area contributed by atoms with Crippen LogP contribution < -0.4 is 10.5 Å². The second-order valence-electron chi connectivity index (χ2n) is 5.55. The van der Waals surface area contributed by atoms with Crippen LogP contribution in [-0.2, 0) is 27.1 Å². The van der Waals surface area contributed by atoms with Crippen molar-refractivity contribution < 1.29 is 13.2 Å². The summed E-state index contributed by atoms with van der Waals surface area (Å²) in [6.45, 7) is 3.35. The van der Waals surface area contributed by atoms with E-state index in [-0.39, 0.29) is 5.75 Å². The van der Waals surface area contributed by atoms with Crippen LogP contribution in [0.15, 0.2) is 24.3 Å². The zero-order valence-corrected chi connectivity index (χ0v) is 12.6. The number of ether oxygens (including phenoxy) is 1. The molecule has 1 aromatic rings. The van der Waals surface area contributed by atoms with Crippen molar-refractivity contribution in [2.24, 2.45) is 5.73 Å². The minimum atomic E-state index is -3.41. The van der Waals surface area contributed by atoms with Gasteiger partial charge in [-0.25, -0.2) is 13.1 Å². The van der Waals surface area contributed by atoms with E-state index in [1.165, 1.54) is 0 Å². The molecule has 6 heteroatoms. The quantitative estimate of drug-likeness (QED) is 0.854. The molecule has 1 atom stereocenters. The molecule has 0 bridgehead atoms. The van der Waals surface area contributed by atoms with Crippen molar-refractivity contribution in [3.8, 4) is 0 Å². The van der Waals surface area contributed by atoms with Crippen LogP contribution in [0.4, 0.5) is 0 Å². The molecule has 1 aliphatic rings. The van der Waals surface area contributed by atoms with Crippen LogP contribution in [0, 0.1) is 0 Å². The van der Waals surface area contributed by atoms with Gasteiger partial charge in [-0.3, -0.25) is 0 Å². The molecule has 0 saturated carbocycles. The summed E-state index contributed by atoms with van der Waals surface area (Å²) in [5, 5.41) is 0. The Hall–Kier alpha value is -0.950. The lowest BCUT2D eigenvalue weighted by molar-refractivity contribution is 0.0386. The van der Waals surface area contributed by atoms with Gasteiger partial charge in [0.25, 0.3) is 0 Å². The number of nitrogens with two attached hydrogens (primary N) is 1. The molecule has 0 aromatic heterocycles. The Labute approximate surface area is 120 Å². The summed E-state index contributed by atoms with van der Waals surface area (Å²) < 4.78 is 32.8. The van der Waals surface area contributed by atoms with Crippen molar-refractivity contribution >= 4 is 10.0 Å². The number of hydrogen-bond donors (Lipinski definition) is 2. The molecular weight excluding hydrogens is 276 g/mol. The first kappa shape index (κ1) is 15.4. The second kappa shape index (κ2) is 6.22. The highest BCUT2D eigenvalue weighted by Gasteiger charge is 2.32. The van der Waals surface area contributed by atoms with Crippen LogP contribution in [0.5, 0.6) is 0 Å². The standard InChI is InChI=1S/C14H22N2O3S/c1-14(7-4-8-19-11-14)16-20(17,18)10-13-6-3-2-5-12(13)9-15/h2-3,5-6,16H,4,7-11,15H2,1H3. The minimum Gasteiger partial charge on any atom is -0.380 e. The summed E-state index contributed by atoms with van der Waals surface area (Å²) in [4.78, 5) is 0. The summed E-state index contributed by atoms with van der Waals surface area (Å²) in [5.41, 5.74) is 6.76. The maximum atomic E-state index is 12.3. The van der Waals surface area contributed by atoms with Crippen LogP contribution in [0.3, 0.4) is 0 Å². The Morgan fingerprint density at radius 3 is 2.65 bits per heavy atom. The number of nitrogens with one attached hydrogen (secondary N) is 1. The molecule has 0 aliphatic carbocycles. The fourth-order valence-corrected chi connectivity index (χ4v) is 4.20. The van der Waals surface area contributed by atoms with E-state index in [2.05, 4.69) is 4.72 Å². The van der Waals surface area contributed by atoms with Gasteiger partial charge in [-0.2, -0.15) is 0 Å². The molecule has 1 unspecified atom stereocenters. The van der Waals surface area contributed by atoms with E-state index in [4.69, 9.17) is 10.5 Å². The number of rotatable bonds is 5. The van der Waals surface area contributed by atoms with Gasteiger partial charge < -0.3 is 10.5 Å². The Balaban J connectivity index is 2.11. The molecule has 1 saturated heterocycles. The first-order chi connectivity index (χ1) is 9.44. The topological polar surface area (TPSA) is 81.4 Å².